The quantitative estimate of drug-likeness (QED) is 0.746. The van der Waals surface area contributed by atoms with Gasteiger partial charge in [-0.2, -0.15) is 0 Å². The van der Waals surface area contributed by atoms with Gasteiger partial charge in [-0.05, 0) is 24.3 Å². The minimum Gasteiger partial charge on any atom is -0.496 e. The third-order valence-electron chi connectivity index (χ3n) is 3.01. The normalized spacial score (nSPS) is 10.3. The molecular formula is C16H13N3O2. The molecule has 0 radical (unpaired) electrons. The molecule has 0 unspecified atom stereocenters. The second-order valence-electron chi connectivity index (χ2n) is 4.31. The topological polar surface area (TPSA) is 60.0 Å². The Labute approximate surface area is 122 Å². The van der Waals surface area contributed by atoms with E-state index < -0.39 is 0 Å². The Morgan fingerprint density at radius 1 is 1.33 bits per heavy atom. The van der Waals surface area contributed by atoms with Gasteiger partial charge in [0.05, 0.1) is 18.2 Å². The molecule has 0 amide bonds. The zero-order chi connectivity index (χ0) is 14.7. The largest absolute Gasteiger partial charge is 0.496 e. The number of nitrogens with one attached hydrogen (secondary N) is 1. The number of nitrogens with zero attached hydrogens (tertiary/aromatic N) is 2. The van der Waals surface area contributed by atoms with Crippen molar-refractivity contribution in [2.24, 2.45) is 0 Å². The number of aromatic nitrogens is 3. The Morgan fingerprint density at radius 2 is 2.24 bits per heavy atom. The van der Waals surface area contributed by atoms with Crippen LogP contribution in [-0.4, -0.2) is 28.7 Å². The Kier molecular flexibility index (Phi) is 3.44. The maximum Gasteiger partial charge on any atom is 0.178 e. The number of imidazole rings is 1. The SMILES string of the molecule is C#CCOc1ccc(-c2nc3ncccc3[nH]2)c(OC)c1. The first kappa shape index (κ1) is 13.0. The van der Waals surface area contributed by atoms with Crippen LogP contribution in [0.4, 0.5) is 0 Å². The minimum absolute atomic E-state index is 0.219. The molecule has 0 saturated heterocycles. The summed E-state index contributed by atoms with van der Waals surface area (Å²) in [5, 5.41) is 0. The van der Waals surface area contributed by atoms with Crippen LogP contribution < -0.4 is 9.47 Å². The highest BCUT2D eigenvalue weighted by Gasteiger charge is 2.12. The fourth-order valence-corrected chi connectivity index (χ4v) is 2.05. The second-order valence-corrected chi connectivity index (χ2v) is 4.31. The molecule has 0 atom stereocenters. The van der Waals surface area contributed by atoms with Crippen LogP contribution >= 0.6 is 0 Å². The van der Waals surface area contributed by atoms with Gasteiger partial charge in [-0.15, -0.1) is 6.42 Å². The van der Waals surface area contributed by atoms with Gasteiger partial charge < -0.3 is 14.5 Å². The van der Waals surface area contributed by atoms with E-state index in [0.29, 0.717) is 23.0 Å². The van der Waals surface area contributed by atoms with E-state index >= 15 is 0 Å². The molecule has 1 aromatic carbocycles. The summed E-state index contributed by atoms with van der Waals surface area (Å²) in [5.41, 5.74) is 2.38. The number of methoxy groups -OCH3 is 1. The molecule has 0 aliphatic heterocycles. The van der Waals surface area contributed by atoms with Gasteiger partial charge in [0.2, 0.25) is 0 Å². The molecule has 1 N–H and O–H groups in total. The lowest BCUT2D eigenvalue weighted by molar-refractivity contribution is 0.363. The van der Waals surface area contributed by atoms with Gasteiger partial charge in [0.25, 0.3) is 0 Å². The standard InChI is InChI=1S/C16H13N3O2/c1-3-9-21-11-6-7-12(14(10-11)20-2)15-18-13-5-4-8-17-16(13)19-15/h1,4-8,10H,9H2,2H3,(H,17,18,19). The Bertz CT molecular complexity index is 785. The van der Waals surface area contributed by atoms with Crippen LogP contribution in [0.1, 0.15) is 0 Å². The maximum absolute atomic E-state index is 5.40. The predicted molar refractivity (Wildman–Crippen MR) is 80.2 cm³/mol. The lowest BCUT2D eigenvalue weighted by Crippen LogP contribution is -1.95. The fourth-order valence-electron chi connectivity index (χ4n) is 2.05. The van der Waals surface area contributed by atoms with Gasteiger partial charge in [-0.1, -0.05) is 5.92 Å². The number of aromatic amines is 1. The lowest BCUT2D eigenvalue weighted by Gasteiger charge is -2.09. The number of rotatable bonds is 4. The van der Waals surface area contributed by atoms with Gasteiger partial charge in [-0.3, -0.25) is 0 Å². The van der Waals surface area contributed by atoms with Crippen molar-refractivity contribution >= 4 is 11.2 Å². The van der Waals surface area contributed by atoms with Crippen molar-refractivity contribution in [1.29, 1.82) is 0 Å². The van der Waals surface area contributed by atoms with E-state index in [9.17, 15) is 0 Å². The maximum atomic E-state index is 5.40. The number of pyridine rings is 1. The highest BCUT2D eigenvalue weighted by atomic mass is 16.5. The van der Waals surface area contributed by atoms with Crippen LogP contribution in [0.3, 0.4) is 0 Å². The highest BCUT2D eigenvalue weighted by molar-refractivity contribution is 5.77. The second kappa shape index (κ2) is 5.55. The van der Waals surface area contributed by atoms with Crippen molar-refractivity contribution in [3.63, 3.8) is 0 Å². The van der Waals surface area contributed by atoms with Gasteiger partial charge >= 0.3 is 0 Å². The molecule has 0 aliphatic carbocycles. The summed E-state index contributed by atoms with van der Waals surface area (Å²) in [5.74, 6) is 4.44. The molecule has 5 heteroatoms. The van der Waals surface area contributed by atoms with Crippen molar-refractivity contribution in [3.8, 4) is 35.2 Å². The average Bonchev–Trinajstić information content (AvgIpc) is 2.96. The number of hydrogen-bond acceptors (Lipinski definition) is 4. The van der Waals surface area contributed by atoms with Crippen LogP contribution in [0.25, 0.3) is 22.6 Å². The van der Waals surface area contributed by atoms with Gasteiger partial charge in [-0.25, -0.2) is 9.97 Å². The van der Waals surface area contributed by atoms with Crippen LogP contribution in [0.15, 0.2) is 36.5 Å². The summed E-state index contributed by atoms with van der Waals surface area (Å²) < 4.78 is 10.8. The van der Waals surface area contributed by atoms with E-state index in [1.807, 2.05) is 24.3 Å². The summed E-state index contributed by atoms with van der Waals surface area (Å²) >= 11 is 0. The lowest BCUT2D eigenvalue weighted by atomic mass is 10.2. The molecule has 0 aliphatic rings. The summed E-state index contributed by atoms with van der Waals surface area (Å²) in [6.45, 7) is 0.219. The van der Waals surface area contributed by atoms with E-state index in [1.165, 1.54) is 0 Å². The van der Waals surface area contributed by atoms with Gasteiger partial charge in [0.1, 0.15) is 23.9 Å². The van der Waals surface area contributed by atoms with Gasteiger partial charge in [0.15, 0.2) is 5.65 Å². The molecule has 0 fully saturated rings. The number of H-pyrrole nitrogens is 1. The summed E-state index contributed by atoms with van der Waals surface area (Å²) in [7, 11) is 1.60. The number of benzene rings is 1. The summed E-state index contributed by atoms with van der Waals surface area (Å²) in [6.07, 6.45) is 6.89. The van der Waals surface area contributed by atoms with E-state index in [0.717, 1.165) is 11.1 Å². The van der Waals surface area contributed by atoms with E-state index in [4.69, 9.17) is 15.9 Å². The number of terminal acetylenes is 1. The van der Waals surface area contributed by atoms with E-state index in [-0.39, 0.29) is 6.61 Å². The monoisotopic (exact) mass is 279 g/mol. The zero-order valence-electron chi connectivity index (χ0n) is 11.5. The number of fused-ring (bicyclic) bond motifs is 1. The Balaban J connectivity index is 2.03. The number of hydrogen-bond donors (Lipinski definition) is 1. The first-order chi connectivity index (χ1) is 10.3. The molecule has 0 spiro atoms. The molecule has 104 valence electrons. The Morgan fingerprint density at radius 3 is 3.00 bits per heavy atom. The van der Waals surface area contributed by atoms with Crippen molar-refractivity contribution in [2.45, 2.75) is 0 Å². The molecule has 5 nitrogen and oxygen atoms in total. The zero-order valence-corrected chi connectivity index (χ0v) is 11.5. The van der Waals surface area contributed by atoms with Crippen LogP contribution in [0.5, 0.6) is 11.5 Å². The Hall–Kier alpha value is -3.00. The average molecular weight is 279 g/mol. The fraction of sp³-hybridized carbons (Fsp3) is 0.125. The number of ether oxygens (including phenoxy) is 2. The molecule has 21 heavy (non-hydrogen) atoms. The van der Waals surface area contributed by atoms with Crippen molar-refractivity contribution in [1.82, 2.24) is 15.0 Å². The van der Waals surface area contributed by atoms with E-state index in [2.05, 4.69) is 20.9 Å². The smallest absolute Gasteiger partial charge is 0.178 e. The third kappa shape index (κ3) is 2.51. The van der Waals surface area contributed by atoms with E-state index in [1.54, 1.807) is 19.4 Å². The minimum atomic E-state index is 0.219. The molecular weight excluding hydrogens is 266 g/mol. The van der Waals surface area contributed by atoms with Crippen LogP contribution in [0.2, 0.25) is 0 Å². The van der Waals surface area contributed by atoms with Crippen molar-refractivity contribution in [3.05, 3.63) is 36.5 Å². The first-order valence-electron chi connectivity index (χ1n) is 6.37. The van der Waals surface area contributed by atoms with Crippen LogP contribution in [0, 0.1) is 12.3 Å². The molecule has 3 rings (SSSR count). The predicted octanol–water partition coefficient (Wildman–Crippen LogP) is 2.65. The molecule has 2 heterocycles. The molecule has 2 aromatic heterocycles. The van der Waals surface area contributed by atoms with Crippen LogP contribution in [-0.2, 0) is 0 Å². The van der Waals surface area contributed by atoms with Gasteiger partial charge in [0, 0.05) is 12.3 Å². The summed E-state index contributed by atoms with van der Waals surface area (Å²) in [6, 6.07) is 9.28. The van der Waals surface area contributed by atoms with Crippen molar-refractivity contribution in [2.75, 3.05) is 13.7 Å². The summed E-state index contributed by atoms with van der Waals surface area (Å²) in [4.78, 5) is 11.9. The molecule has 0 saturated carbocycles. The van der Waals surface area contributed by atoms with Crippen molar-refractivity contribution < 1.29 is 9.47 Å². The highest BCUT2D eigenvalue weighted by Crippen LogP contribution is 2.32. The molecule has 3 aromatic rings. The third-order valence-corrected chi connectivity index (χ3v) is 3.01. The molecule has 0 bridgehead atoms. The first-order valence-corrected chi connectivity index (χ1v) is 6.37.